The van der Waals surface area contributed by atoms with E-state index in [1.54, 1.807) is 33.5 Å². The summed E-state index contributed by atoms with van der Waals surface area (Å²) in [5, 5.41) is 5.28. The van der Waals surface area contributed by atoms with Crippen LogP contribution in [0.15, 0.2) is 12.1 Å². The minimum absolute atomic E-state index is 0.00747. The zero-order valence-electron chi connectivity index (χ0n) is 16.0. The van der Waals surface area contributed by atoms with Crippen molar-refractivity contribution in [1.29, 1.82) is 0 Å². The molecule has 0 radical (unpaired) electrons. The Balaban J connectivity index is 2.57. The second-order valence-corrected chi connectivity index (χ2v) is 6.10. The van der Waals surface area contributed by atoms with Crippen LogP contribution in [0, 0.1) is 5.92 Å². The monoisotopic (exact) mass is 367 g/mol. The van der Waals surface area contributed by atoms with Crippen molar-refractivity contribution in [2.24, 2.45) is 11.7 Å². The van der Waals surface area contributed by atoms with Gasteiger partial charge < -0.3 is 30.6 Å². The van der Waals surface area contributed by atoms with E-state index in [4.69, 9.17) is 19.9 Å². The summed E-state index contributed by atoms with van der Waals surface area (Å²) in [4.78, 5) is 23.6. The number of carbonyl (C=O) groups is 2. The second kappa shape index (κ2) is 10.5. The molecule has 146 valence electrons. The molecule has 0 unspecified atom stereocenters. The number of hydrogen-bond acceptors (Lipinski definition) is 6. The first-order valence-corrected chi connectivity index (χ1v) is 8.42. The lowest BCUT2D eigenvalue weighted by Crippen LogP contribution is -2.47. The van der Waals surface area contributed by atoms with Gasteiger partial charge in [-0.1, -0.05) is 13.8 Å². The van der Waals surface area contributed by atoms with Crippen molar-refractivity contribution in [3.05, 3.63) is 17.7 Å². The number of nitrogens with one attached hydrogen (secondary N) is 2. The molecule has 4 N–H and O–H groups in total. The van der Waals surface area contributed by atoms with Crippen LogP contribution in [0.5, 0.6) is 17.2 Å². The molecule has 0 heterocycles. The number of carbonyl (C=O) groups excluding carboxylic acids is 2. The summed E-state index contributed by atoms with van der Waals surface area (Å²) < 4.78 is 16.0. The first-order chi connectivity index (χ1) is 12.3. The number of nitrogens with two attached hydrogens (primary N) is 1. The molecule has 1 aromatic carbocycles. The summed E-state index contributed by atoms with van der Waals surface area (Å²) in [5.41, 5.74) is 6.55. The highest BCUT2D eigenvalue weighted by atomic mass is 16.5. The Morgan fingerprint density at radius 1 is 1.04 bits per heavy atom. The SMILES string of the molecule is COc1cc(OC)c(CCNC(=O)CNC(=O)[C@@H](N)C(C)C)c(OC)c1. The zero-order valence-corrected chi connectivity index (χ0v) is 16.0. The van der Waals surface area contributed by atoms with E-state index >= 15 is 0 Å². The Bertz CT molecular complexity index is 594. The maximum Gasteiger partial charge on any atom is 0.239 e. The van der Waals surface area contributed by atoms with Gasteiger partial charge >= 0.3 is 0 Å². The molecule has 26 heavy (non-hydrogen) atoms. The predicted octanol–water partition coefficient (Wildman–Crippen LogP) is 0.471. The first-order valence-electron chi connectivity index (χ1n) is 8.42. The van der Waals surface area contributed by atoms with E-state index in [-0.39, 0.29) is 24.3 Å². The lowest BCUT2D eigenvalue weighted by atomic mass is 10.1. The van der Waals surface area contributed by atoms with E-state index in [9.17, 15) is 9.59 Å². The van der Waals surface area contributed by atoms with Gasteiger partial charge in [0.15, 0.2) is 0 Å². The molecule has 1 aromatic rings. The molecule has 8 heteroatoms. The van der Waals surface area contributed by atoms with Gasteiger partial charge in [-0.25, -0.2) is 0 Å². The first kappa shape index (κ1) is 21.6. The smallest absolute Gasteiger partial charge is 0.239 e. The third-order valence-corrected chi connectivity index (χ3v) is 3.96. The number of methoxy groups -OCH3 is 3. The molecule has 1 rings (SSSR count). The van der Waals surface area contributed by atoms with E-state index in [0.29, 0.717) is 30.2 Å². The molecule has 0 saturated carbocycles. The van der Waals surface area contributed by atoms with Crippen LogP contribution in [0.1, 0.15) is 19.4 Å². The molecule has 0 saturated heterocycles. The number of hydrogen-bond donors (Lipinski definition) is 3. The summed E-state index contributed by atoms with van der Waals surface area (Å²) in [6.07, 6.45) is 0.502. The molecule has 2 amide bonds. The molecular formula is C18H29N3O5. The highest BCUT2D eigenvalue weighted by Gasteiger charge is 2.18. The molecule has 0 aliphatic carbocycles. The van der Waals surface area contributed by atoms with Gasteiger partial charge in [-0.15, -0.1) is 0 Å². The molecule has 0 aromatic heterocycles. The van der Waals surface area contributed by atoms with Crippen molar-refractivity contribution in [1.82, 2.24) is 10.6 Å². The largest absolute Gasteiger partial charge is 0.496 e. The Morgan fingerprint density at radius 2 is 1.62 bits per heavy atom. The zero-order chi connectivity index (χ0) is 19.7. The van der Waals surface area contributed by atoms with Crippen molar-refractivity contribution in [2.75, 3.05) is 34.4 Å². The van der Waals surface area contributed by atoms with Gasteiger partial charge in [0.25, 0.3) is 0 Å². The van der Waals surface area contributed by atoms with Crippen LogP contribution in [-0.4, -0.2) is 52.3 Å². The highest BCUT2D eigenvalue weighted by molar-refractivity contribution is 5.87. The summed E-state index contributed by atoms with van der Waals surface area (Å²) in [6.45, 7) is 3.94. The Kier molecular flexibility index (Phi) is 8.71. The van der Waals surface area contributed by atoms with Crippen molar-refractivity contribution >= 4 is 11.8 Å². The van der Waals surface area contributed by atoms with E-state index in [1.807, 2.05) is 13.8 Å². The number of rotatable bonds is 10. The lowest BCUT2D eigenvalue weighted by molar-refractivity contribution is -0.127. The van der Waals surface area contributed by atoms with Gasteiger partial charge in [0.2, 0.25) is 11.8 Å². The van der Waals surface area contributed by atoms with Crippen LogP contribution in [0.3, 0.4) is 0 Å². The van der Waals surface area contributed by atoms with Crippen LogP contribution in [0.2, 0.25) is 0 Å². The lowest BCUT2D eigenvalue weighted by Gasteiger charge is -2.16. The summed E-state index contributed by atoms with van der Waals surface area (Å²) >= 11 is 0. The van der Waals surface area contributed by atoms with Gasteiger partial charge in [0, 0.05) is 24.2 Å². The van der Waals surface area contributed by atoms with Crippen molar-refractivity contribution < 1.29 is 23.8 Å². The van der Waals surface area contributed by atoms with E-state index in [1.165, 1.54) is 0 Å². The molecule has 1 atom stereocenters. The molecule has 0 fully saturated rings. The maximum absolute atomic E-state index is 11.9. The van der Waals surface area contributed by atoms with Crippen molar-refractivity contribution in [3.8, 4) is 17.2 Å². The standard InChI is InChI=1S/C18H29N3O5/c1-11(2)17(19)18(23)21-10-16(22)20-7-6-13-14(25-4)8-12(24-3)9-15(13)26-5/h8-9,11,17H,6-7,10,19H2,1-5H3,(H,20,22)(H,21,23)/t17-/m0/s1. The fraction of sp³-hybridized carbons (Fsp3) is 0.556. The highest BCUT2D eigenvalue weighted by Crippen LogP contribution is 2.34. The number of ether oxygens (including phenoxy) is 3. The normalized spacial score (nSPS) is 11.7. The molecule has 0 spiro atoms. The average Bonchev–Trinajstić information content (AvgIpc) is 2.64. The van der Waals surface area contributed by atoms with Gasteiger partial charge in [-0.3, -0.25) is 9.59 Å². The molecule has 0 bridgehead atoms. The van der Waals surface area contributed by atoms with Crippen molar-refractivity contribution in [3.63, 3.8) is 0 Å². The van der Waals surface area contributed by atoms with Crippen LogP contribution in [0.25, 0.3) is 0 Å². The summed E-state index contributed by atoms with van der Waals surface area (Å²) in [7, 11) is 4.68. The number of amides is 2. The fourth-order valence-corrected chi connectivity index (χ4v) is 2.30. The summed E-state index contributed by atoms with van der Waals surface area (Å²) in [6, 6.07) is 2.89. The van der Waals surface area contributed by atoms with Crippen LogP contribution < -0.4 is 30.6 Å². The molecule has 0 aliphatic rings. The van der Waals surface area contributed by atoms with Crippen LogP contribution in [-0.2, 0) is 16.0 Å². The van der Waals surface area contributed by atoms with Gasteiger partial charge in [0.05, 0.1) is 33.9 Å². The summed E-state index contributed by atoms with van der Waals surface area (Å²) in [5.74, 6) is 1.23. The second-order valence-electron chi connectivity index (χ2n) is 6.10. The Morgan fingerprint density at radius 3 is 2.08 bits per heavy atom. The number of benzene rings is 1. The van der Waals surface area contributed by atoms with Gasteiger partial charge in [-0.05, 0) is 12.3 Å². The Labute approximate surface area is 154 Å². The van der Waals surface area contributed by atoms with Crippen LogP contribution in [0.4, 0.5) is 0 Å². The topological polar surface area (TPSA) is 112 Å². The predicted molar refractivity (Wildman–Crippen MR) is 98.6 cm³/mol. The average molecular weight is 367 g/mol. The van der Waals surface area contributed by atoms with Gasteiger partial charge in [0.1, 0.15) is 17.2 Å². The van der Waals surface area contributed by atoms with Crippen molar-refractivity contribution in [2.45, 2.75) is 26.3 Å². The van der Waals surface area contributed by atoms with E-state index in [2.05, 4.69) is 10.6 Å². The molecule has 8 nitrogen and oxygen atoms in total. The Hall–Kier alpha value is -2.48. The fourth-order valence-electron chi connectivity index (χ4n) is 2.30. The van der Waals surface area contributed by atoms with E-state index in [0.717, 1.165) is 5.56 Å². The van der Waals surface area contributed by atoms with Crippen LogP contribution >= 0.6 is 0 Å². The molecule has 0 aliphatic heterocycles. The third-order valence-electron chi connectivity index (χ3n) is 3.96. The molecular weight excluding hydrogens is 338 g/mol. The van der Waals surface area contributed by atoms with E-state index < -0.39 is 6.04 Å². The van der Waals surface area contributed by atoms with Gasteiger partial charge in [-0.2, -0.15) is 0 Å². The third kappa shape index (κ3) is 6.11. The minimum Gasteiger partial charge on any atom is -0.496 e. The quantitative estimate of drug-likeness (QED) is 0.554. The minimum atomic E-state index is -0.629. The maximum atomic E-state index is 11.9.